The normalized spacial score (nSPS) is 25.5. The van der Waals surface area contributed by atoms with Gasteiger partial charge in [0.25, 0.3) is 0 Å². The van der Waals surface area contributed by atoms with Crippen molar-refractivity contribution in [2.45, 2.75) is 109 Å². The number of ether oxygens (including phenoxy) is 2. The van der Waals surface area contributed by atoms with Crippen LogP contribution in [-0.2, 0) is 10.2 Å². The first kappa shape index (κ1) is 25.3. The van der Waals surface area contributed by atoms with E-state index in [1.165, 1.54) is 25.7 Å². The molecule has 5 nitrogen and oxygen atoms in total. The van der Waals surface area contributed by atoms with Gasteiger partial charge in [-0.2, -0.15) is 0 Å². The van der Waals surface area contributed by atoms with Crippen LogP contribution in [0.3, 0.4) is 0 Å². The molecular weight excluding hydrogens is 402 g/mol. The van der Waals surface area contributed by atoms with E-state index in [2.05, 4.69) is 40.7 Å². The molecule has 1 saturated carbocycles. The predicted molar refractivity (Wildman–Crippen MR) is 129 cm³/mol. The first-order chi connectivity index (χ1) is 15.1. The van der Waals surface area contributed by atoms with Crippen molar-refractivity contribution in [1.29, 1.82) is 0 Å². The molecule has 1 heterocycles. The molecule has 0 saturated heterocycles. The average Bonchev–Trinajstić information content (AvgIpc) is 2.74. The highest BCUT2D eigenvalue weighted by Crippen LogP contribution is 2.56. The summed E-state index contributed by atoms with van der Waals surface area (Å²) >= 11 is 0. The number of unbranched alkanes of at least 4 members (excludes halogenated alkanes) is 3. The van der Waals surface area contributed by atoms with Crippen molar-refractivity contribution in [3.63, 3.8) is 0 Å². The third-order valence-electron chi connectivity index (χ3n) is 7.88. The van der Waals surface area contributed by atoms with Crippen LogP contribution in [0.1, 0.15) is 103 Å². The minimum absolute atomic E-state index is 0.00803. The van der Waals surface area contributed by atoms with E-state index in [0.29, 0.717) is 24.2 Å². The molecule has 2 aliphatic rings. The molecule has 3 rings (SSSR count). The van der Waals surface area contributed by atoms with Gasteiger partial charge in [0.2, 0.25) is 0 Å². The lowest BCUT2D eigenvalue weighted by molar-refractivity contribution is -0.111. The van der Waals surface area contributed by atoms with E-state index in [0.717, 1.165) is 42.6 Å². The zero-order chi connectivity index (χ0) is 23.5. The summed E-state index contributed by atoms with van der Waals surface area (Å²) < 4.78 is 12.1. The number of hydrogen-bond acceptors (Lipinski definition) is 5. The Bertz CT molecular complexity index is 760. The first-order valence-electron chi connectivity index (χ1n) is 12.6. The smallest absolute Gasteiger partial charge is 0.166 e. The maximum atomic E-state index is 11.2. The van der Waals surface area contributed by atoms with E-state index in [1.54, 1.807) is 0 Å². The quantitative estimate of drug-likeness (QED) is 0.321. The third-order valence-corrected chi connectivity index (χ3v) is 7.88. The molecule has 1 aromatic rings. The predicted octanol–water partition coefficient (Wildman–Crippen LogP) is 5.60. The zero-order valence-corrected chi connectivity index (χ0v) is 20.8. The zero-order valence-electron chi connectivity index (χ0n) is 20.8. The van der Waals surface area contributed by atoms with E-state index in [4.69, 9.17) is 15.2 Å². The lowest BCUT2D eigenvalue weighted by atomic mass is 9.63. The first-order valence-corrected chi connectivity index (χ1v) is 12.6. The van der Waals surface area contributed by atoms with Gasteiger partial charge >= 0.3 is 0 Å². The topological polar surface area (TPSA) is 84.9 Å². The Balaban J connectivity index is 1.84. The fourth-order valence-electron chi connectivity index (χ4n) is 5.83. The molecule has 0 radical (unpaired) electrons. The Morgan fingerprint density at radius 1 is 1.22 bits per heavy atom. The van der Waals surface area contributed by atoms with Gasteiger partial charge in [0, 0.05) is 18.0 Å². The van der Waals surface area contributed by atoms with Crippen LogP contribution in [0.5, 0.6) is 11.5 Å². The fraction of sp³-hybridized carbons (Fsp3) is 0.778. The summed E-state index contributed by atoms with van der Waals surface area (Å²) in [5.74, 6) is 2.13. The highest BCUT2D eigenvalue weighted by atomic mass is 16.6. The number of fused-ring (bicyclic) bond motifs is 3. The number of phenolic OH excluding ortho intramolecular Hbond substituents is 1. The van der Waals surface area contributed by atoms with Crippen LogP contribution in [0.2, 0.25) is 0 Å². The molecule has 4 atom stereocenters. The van der Waals surface area contributed by atoms with Crippen LogP contribution >= 0.6 is 0 Å². The van der Waals surface area contributed by atoms with Gasteiger partial charge in [-0.05, 0) is 74.5 Å². The summed E-state index contributed by atoms with van der Waals surface area (Å²) in [6, 6.07) is 4.17. The molecular formula is C27H45NO4. The molecule has 182 valence electrons. The Morgan fingerprint density at radius 3 is 2.66 bits per heavy atom. The SMILES string of the molecule is CCCCCCC(C)(C)c1cc(O)c2c(c1)OC(C)(C)C1CCC(COC(O)CN)CC21. The van der Waals surface area contributed by atoms with Gasteiger partial charge in [-0.15, -0.1) is 0 Å². The Kier molecular flexibility index (Phi) is 8.16. The maximum Gasteiger partial charge on any atom is 0.166 e. The van der Waals surface area contributed by atoms with Crippen molar-refractivity contribution in [3.05, 3.63) is 23.3 Å². The number of aliphatic hydroxyl groups is 1. The number of aliphatic hydroxyl groups excluding tert-OH is 1. The van der Waals surface area contributed by atoms with Crippen molar-refractivity contribution >= 4 is 0 Å². The third kappa shape index (κ3) is 5.60. The Morgan fingerprint density at radius 2 is 1.97 bits per heavy atom. The molecule has 1 aliphatic carbocycles. The molecule has 32 heavy (non-hydrogen) atoms. The number of nitrogens with two attached hydrogens (primary N) is 1. The summed E-state index contributed by atoms with van der Waals surface area (Å²) in [4.78, 5) is 0. The second kappa shape index (κ2) is 10.3. The van der Waals surface area contributed by atoms with Crippen molar-refractivity contribution in [2.75, 3.05) is 13.2 Å². The van der Waals surface area contributed by atoms with E-state index < -0.39 is 6.29 Å². The standard InChI is InChI=1S/C27H45NO4/c1-6-7-8-9-12-26(2,3)19-14-22(29)25-20-13-18(17-31-24(30)16-28)10-11-21(20)27(4,5)32-23(25)15-19/h14-15,18,20-21,24,29-30H,6-13,16-17,28H2,1-5H3. The molecule has 1 aromatic carbocycles. The summed E-state index contributed by atoms with van der Waals surface area (Å²) in [6.45, 7) is 11.8. The molecule has 0 spiro atoms. The van der Waals surface area contributed by atoms with Crippen LogP contribution in [0.4, 0.5) is 0 Å². The largest absolute Gasteiger partial charge is 0.508 e. The minimum atomic E-state index is -0.901. The Hall–Kier alpha value is -1.30. The van der Waals surface area contributed by atoms with Crippen molar-refractivity contribution in [3.8, 4) is 11.5 Å². The number of hydrogen-bond donors (Lipinski definition) is 3. The Labute approximate surface area is 194 Å². The lowest BCUT2D eigenvalue weighted by Gasteiger charge is -2.49. The van der Waals surface area contributed by atoms with Crippen LogP contribution in [0, 0.1) is 11.8 Å². The molecule has 4 unspecified atom stereocenters. The molecule has 1 aliphatic heterocycles. The van der Waals surface area contributed by atoms with E-state index in [1.807, 2.05) is 6.07 Å². The van der Waals surface area contributed by atoms with Gasteiger partial charge in [-0.25, -0.2) is 0 Å². The van der Waals surface area contributed by atoms with Gasteiger partial charge in [0.15, 0.2) is 6.29 Å². The minimum Gasteiger partial charge on any atom is -0.508 e. The summed E-state index contributed by atoms with van der Waals surface area (Å²) in [7, 11) is 0. The number of benzene rings is 1. The summed E-state index contributed by atoms with van der Waals surface area (Å²) in [5, 5.41) is 20.9. The van der Waals surface area contributed by atoms with Crippen molar-refractivity contribution < 1.29 is 19.7 Å². The van der Waals surface area contributed by atoms with E-state index in [9.17, 15) is 10.2 Å². The second-order valence-electron chi connectivity index (χ2n) is 11.2. The molecule has 5 heteroatoms. The lowest BCUT2D eigenvalue weighted by Crippen LogP contribution is -2.47. The van der Waals surface area contributed by atoms with Crippen molar-refractivity contribution in [1.82, 2.24) is 0 Å². The molecule has 4 N–H and O–H groups in total. The molecule has 0 amide bonds. The van der Waals surface area contributed by atoms with Crippen LogP contribution in [0.25, 0.3) is 0 Å². The fourth-order valence-corrected chi connectivity index (χ4v) is 5.83. The van der Waals surface area contributed by atoms with E-state index >= 15 is 0 Å². The second-order valence-corrected chi connectivity index (χ2v) is 11.2. The molecule has 1 fully saturated rings. The van der Waals surface area contributed by atoms with Gasteiger partial charge in [0.1, 0.15) is 17.1 Å². The highest BCUT2D eigenvalue weighted by Gasteiger charge is 2.48. The van der Waals surface area contributed by atoms with Crippen LogP contribution in [0.15, 0.2) is 12.1 Å². The monoisotopic (exact) mass is 447 g/mol. The van der Waals surface area contributed by atoms with Gasteiger partial charge < -0.3 is 25.4 Å². The number of aromatic hydroxyl groups is 1. The van der Waals surface area contributed by atoms with Crippen molar-refractivity contribution in [2.24, 2.45) is 17.6 Å². The van der Waals surface area contributed by atoms with Gasteiger partial charge in [0.05, 0.1) is 6.61 Å². The number of rotatable bonds is 10. The highest BCUT2D eigenvalue weighted by molar-refractivity contribution is 5.53. The van der Waals surface area contributed by atoms with E-state index in [-0.39, 0.29) is 23.5 Å². The van der Waals surface area contributed by atoms with Crippen LogP contribution < -0.4 is 10.5 Å². The summed E-state index contributed by atoms with van der Waals surface area (Å²) in [6.07, 6.45) is 8.15. The van der Waals surface area contributed by atoms with Crippen LogP contribution in [-0.4, -0.2) is 35.3 Å². The average molecular weight is 448 g/mol. The molecule has 0 aromatic heterocycles. The molecule has 0 bridgehead atoms. The number of phenols is 1. The van der Waals surface area contributed by atoms with Gasteiger partial charge in [-0.3, -0.25) is 0 Å². The van der Waals surface area contributed by atoms with Gasteiger partial charge in [-0.1, -0.05) is 46.5 Å². The maximum absolute atomic E-state index is 11.2. The summed E-state index contributed by atoms with van der Waals surface area (Å²) in [5.41, 5.74) is 7.31.